The van der Waals surface area contributed by atoms with Gasteiger partial charge < -0.3 is 4.42 Å². The van der Waals surface area contributed by atoms with Gasteiger partial charge in [-0.1, -0.05) is 35.2 Å². The molecule has 5 nitrogen and oxygen atoms in total. The molecule has 0 aliphatic carbocycles. The van der Waals surface area contributed by atoms with Crippen molar-refractivity contribution in [2.24, 2.45) is 0 Å². The average molecular weight is 288 g/mol. The molecule has 0 radical (unpaired) electrons. The molecule has 4 aromatic rings. The first-order valence-corrected chi connectivity index (χ1v) is 7.64. The Bertz CT molecular complexity index is 843. The van der Waals surface area contributed by atoms with E-state index in [-0.39, 0.29) is 0 Å². The van der Waals surface area contributed by atoms with Gasteiger partial charge >= 0.3 is 0 Å². The molecule has 1 aromatic carbocycles. The predicted octanol–water partition coefficient (Wildman–Crippen LogP) is 3.32. The van der Waals surface area contributed by atoms with Crippen molar-refractivity contribution in [3.63, 3.8) is 0 Å². The minimum atomic E-state index is 0.548. The summed E-state index contributed by atoms with van der Waals surface area (Å²) in [4.78, 5) is 9.66. The summed E-state index contributed by atoms with van der Waals surface area (Å²) in [6, 6.07) is 7.70. The maximum Gasteiger partial charge on any atom is 0.248 e. The van der Waals surface area contributed by atoms with Crippen LogP contribution in [0.1, 0.15) is 0 Å². The van der Waals surface area contributed by atoms with E-state index in [0.29, 0.717) is 5.89 Å². The first-order valence-electron chi connectivity index (χ1n) is 5.59. The standard InChI is InChI=1S/C12H8N4OS2/c1-18-12-15-16-8(6-13-11(16)19-12)10-14-7-4-2-3-5-9(7)17-10/h2-6H,1H3. The van der Waals surface area contributed by atoms with Crippen LogP contribution in [0, 0.1) is 0 Å². The topological polar surface area (TPSA) is 56.2 Å². The van der Waals surface area contributed by atoms with E-state index in [0.717, 1.165) is 26.1 Å². The van der Waals surface area contributed by atoms with Crippen molar-refractivity contribution in [3.05, 3.63) is 30.5 Å². The predicted molar refractivity (Wildman–Crippen MR) is 75.6 cm³/mol. The number of nitrogens with zero attached hydrogens (tertiary/aromatic N) is 4. The lowest BCUT2D eigenvalue weighted by atomic mass is 10.3. The highest BCUT2D eigenvalue weighted by molar-refractivity contribution is 8.00. The Balaban J connectivity index is 1.95. The van der Waals surface area contributed by atoms with Gasteiger partial charge in [0.25, 0.3) is 0 Å². The van der Waals surface area contributed by atoms with Crippen molar-refractivity contribution in [3.8, 4) is 11.6 Å². The van der Waals surface area contributed by atoms with Gasteiger partial charge in [0.2, 0.25) is 10.9 Å². The van der Waals surface area contributed by atoms with Gasteiger partial charge in [0.05, 0.1) is 6.20 Å². The zero-order valence-electron chi connectivity index (χ0n) is 9.90. The third-order valence-corrected chi connectivity index (χ3v) is 4.65. The monoisotopic (exact) mass is 288 g/mol. The van der Waals surface area contributed by atoms with E-state index in [1.165, 1.54) is 0 Å². The van der Waals surface area contributed by atoms with Gasteiger partial charge in [-0.15, -0.1) is 5.10 Å². The minimum Gasteiger partial charge on any atom is -0.435 e. The SMILES string of the molecule is CSc1nn2c(-c3nc4ccccc4o3)cnc2s1. The molecule has 3 aromatic heterocycles. The second-order valence-corrected chi connectivity index (χ2v) is 5.91. The van der Waals surface area contributed by atoms with E-state index < -0.39 is 0 Å². The van der Waals surface area contributed by atoms with E-state index in [4.69, 9.17) is 4.42 Å². The molecule has 94 valence electrons. The third kappa shape index (κ3) is 1.66. The van der Waals surface area contributed by atoms with Crippen LogP contribution in [0.4, 0.5) is 0 Å². The summed E-state index contributed by atoms with van der Waals surface area (Å²) in [6.45, 7) is 0. The molecule has 0 saturated heterocycles. The molecule has 0 bridgehead atoms. The molecule has 4 rings (SSSR count). The second-order valence-electron chi connectivity index (χ2n) is 3.90. The highest BCUT2D eigenvalue weighted by atomic mass is 32.2. The number of imidazole rings is 1. The molecule has 19 heavy (non-hydrogen) atoms. The second kappa shape index (κ2) is 4.07. The normalized spacial score (nSPS) is 11.6. The van der Waals surface area contributed by atoms with Crippen LogP contribution in [-0.4, -0.2) is 25.8 Å². The highest BCUT2D eigenvalue weighted by Gasteiger charge is 2.16. The maximum absolute atomic E-state index is 5.75. The van der Waals surface area contributed by atoms with Crippen LogP contribution in [0.2, 0.25) is 0 Å². The Morgan fingerprint density at radius 3 is 3.05 bits per heavy atom. The van der Waals surface area contributed by atoms with Crippen molar-refractivity contribution in [2.45, 2.75) is 4.34 Å². The average Bonchev–Trinajstić information content (AvgIpc) is 3.10. The van der Waals surface area contributed by atoms with Crippen LogP contribution >= 0.6 is 23.1 Å². The number of oxazole rings is 1. The van der Waals surface area contributed by atoms with E-state index >= 15 is 0 Å². The van der Waals surface area contributed by atoms with Crippen molar-refractivity contribution in [1.82, 2.24) is 19.6 Å². The fraction of sp³-hybridized carbons (Fsp3) is 0.0833. The largest absolute Gasteiger partial charge is 0.435 e. The first-order chi connectivity index (χ1) is 9.35. The van der Waals surface area contributed by atoms with Crippen LogP contribution < -0.4 is 0 Å². The molecular weight excluding hydrogens is 280 g/mol. The van der Waals surface area contributed by atoms with Crippen molar-refractivity contribution >= 4 is 39.2 Å². The van der Waals surface area contributed by atoms with E-state index in [2.05, 4.69) is 15.1 Å². The molecule has 0 N–H and O–H groups in total. The summed E-state index contributed by atoms with van der Waals surface area (Å²) < 4.78 is 8.50. The Kier molecular flexibility index (Phi) is 2.36. The lowest BCUT2D eigenvalue weighted by Crippen LogP contribution is -1.88. The van der Waals surface area contributed by atoms with E-state index in [9.17, 15) is 0 Å². The number of para-hydroxylation sites is 2. The van der Waals surface area contributed by atoms with Gasteiger partial charge in [-0.25, -0.2) is 9.97 Å². The molecule has 0 aliphatic heterocycles. The van der Waals surface area contributed by atoms with Gasteiger partial charge in [-0.2, -0.15) is 4.52 Å². The van der Waals surface area contributed by atoms with Crippen LogP contribution in [0.25, 0.3) is 27.6 Å². The van der Waals surface area contributed by atoms with Gasteiger partial charge in [0.15, 0.2) is 9.92 Å². The zero-order chi connectivity index (χ0) is 12.8. The molecular formula is C12H8N4OS2. The fourth-order valence-corrected chi connectivity index (χ4v) is 3.22. The fourth-order valence-electron chi connectivity index (χ4n) is 1.89. The molecule has 0 aliphatic rings. The van der Waals surface area contributed by atoms with Crippen LogP contribution in [0.3, 0.4) is 0 Å². The summed E-state index contributed by atoms with van der Waals surface area (Å²) >= 11 is 3.16. The van der Waals surface area contributed by atoms with Crippen LogP contribution in [0.5, 0.6) is 0 Å². The van der Waals surface area contributed by atoms with Crippen LogP contribution in [0.15, 0.2) is 39.2 Å². The van der Waals surface area contributed by atoms with Gasteiger partial charge in [0.1, 0.15) is 11.2 Å². The Morgan fingerprint density at radius 2 is 2.21 bits per heavy atom. The molecule has 0 amide bonds. The quantitative estimate of drug-likeness (QED) is 0.530. The van der Waals surface area contributed by atoms with E-state index in [1.54, 1.807) is 33.8 Å². The molecule has 7 heteroatoms. The molecule has 0 unspecified atom stereocenters. The molecule has 0 saturated carbocycles. The van der Waals surface area contributed by atoms with Gasteiger partial charge in [-0.3, -0.25) is 0 Å². The highest BCUT2D eigenvalue weighted by Crippen LogP contribution is 2.28. The third-order valence-electron chi connectivity index (χ3n) is 2.75. The first kappa shape index (κ1) is 11.0. The summed E-state index contributed by atoms with van der Waals surface area (Å²) in [5.41, 5.74) is 2.39. The minimum absolute atomic E-state index is 0.548. The molecule has 0 atom stereocenters. The van der Waals surface area contributed by atoms with Crippen LogP contribution in [-0.2, 0) is 0 Å². The summed E-state index contributed by atoms with van der Waals surface area (Å²) in [5.74, 6) is 0.548. The van der Waals surface area contributed by atoms with Gasteiger partial charge in [0, 0.05) is 0 Å². The lowest BCUT2D eigenvalue weighted by molar-refractivity contribution is 0.613. The number of benzene rings is 1. The Morgan fingerprint density at radius 1 is 1.32 bits per heavy atom. The number of fused-ring (bicyclic) bond motifs is 2. The smallest absolute Gasteiger partial charge is 0.248 e. The van der Waals surface area contributed by atoms with Crippen molar-refractivity contribution in [2.75, 3.05) is 6.26 Å². The number of hydrogen-bond donors (Lipinski definition) is 0. The number of aromatic nitrogens is 4. The number of hydrogen-bond acceptors (Lipinski definition) is 6. The summed E-state index contributed by atoms with van der Waals surface area (Å²) in [5, 5.41) is 4.47. The molecule has 0 fully saturated rings. The van der Waals surface area contributed by atoms with E-state index in [1.807, 2.05) is 30.5 Å². The van der Waals surface area contributed by atoms with Gasteiger partial charge in [-0.05, 0) is 18.4 Å². The maximum atomic E-state index is 5.75. The molecule has 0 spiro atoms. The lowest BCUT2D eigenvalue weighted by Gasteiger charge is -1.89. The summed E-state index contributed by atoms with van der Waals surface area (Å²) in [6.07, 6.45) is 3.74. The Labute approximate surface area is 116 Å². The van der Waals surface area contributed by atoms with Crippen molar-refractivity contribution < 1.29 is 4.42 Å². The number of rotatable bonds is 2. The number of thioether (sulfide) groups is 1. The molecule has 3 heterocycles. The zero-order valence-corrected chi connectivity index (χ0v) is 11.5. The van der Waals surface area contributed by atoms with Crippen molar-refractivity contribution in [1.29, 1.82) is 0 Å². The summed E-state index contributed by atoms with van der Waals surface area (Å²) in [7, 11) is 0. The Hall–Kier alpha value is -1.86.